The summed E-state index contributed by atoms with van der Waals surface area (Å²) in [5.41, 5.74) is -0.791. The summed E-state index contributed by atoms with van der Waals surface area (Å²) in [5, 5.41) is 0.665. The molecule has 0 aliphatic rings. The second-order valence-electron chi connectivity index (χ2n) is 4.35. The van der Waals surface area contributed by atoms with Gasteiger partial charge in [-0.05, 0) is 31.2 Å². The molecule has 1 unspecified atom stereocenters. The lowest BCUT2D eigenvalue weighted by molar-refractivity contribution is 0.105. The van der Waals surface area contributed by atoms with E-state index in [1.165, 1.54) is 12.1 Å². The molecule has 0 saturated heterocycles. The van der Waals surface area contributed by atoms with E-state index in [1.54, 1.807) is 37.3 Å². The van der Waals surface area contributed by atoms with Gasteiger partial charge in [-0.2, -0.15) is 0 Å². The van der Waals surface area contributed by atoms with Crippen LogP contribution >= 0.6 is 42.2 Å². The van der Waals surface area contributed by atoms with Crippen molar-refractivity contribution in [1.29, 1.82) is 0 Å². The molecule has 7 heteroatoms. The minimum atomic E-state index is -3.80. The van der Waals surface area contributed by atoms with E-state index >= 15 is 0 Å². The summed E-state index contributed by atoms with van der Waals surface area (Å²) >= 11 is 18.0. The highest BCUT2D eigenvalue weighted by molar-refractivity contribution is 7.83. The molecule has 0 aliphatic carbocycles. The summed E-state index contributed by atoms with van der Waals surface area (Å²) in [6, 6.07) is 11.0. The molecule has 0 aliphatic heterocycles. The van der Waals surface area contributed by atoms with Crippen molar-refractivity contribution in [2.24, 2.45) is 0 Å². The molecule has 2 rings (SSSR count). The highest BCUT2D eigenvalue weighted by Crippen LogP contribution is 2.51. The fraction of sp³-hybridized carbons (Fsp3) is 0.133. The highest BCUT2D eigenvalue weighted by Gasteiger charge is 2.38. The molecule has 2 aromatic carbocycles. The molecule has 3 nitrogen and oxygen atoms in total. The molecule has 0 spiro atoms. The van der Waals surface area contributed by atoms with Crippen LogP contribution in [0.3, 0.4) is 0 Å². The predicted octanol–water partition coefficient (Wildman–Crippen LogP) is 5.43. The molecule has 22 heavy (non-hydrogen) atoms. The predicted molar refractivity (Wildman–Crippen MR) is 91.1 cm³/mol. The third-order valence-corrected chi connectivity index (χ3v) is 6.07. The Morgan fingerprint density at radius 3 is 2.14 bits per heavy atom. The number of carbonyl (C=O) groups excluding carboxylic acids is 1. The van der Waals surface area contributed by atoms with Crippen LogP contribution in [0.2, 0.25) is 15.1 Å². The van der Waals surface area contributed by atoms with Crippen molar-refractivity contribution in [3.63, 3.8) is 0 Å². The summed E-state index contributed by atoms with van der Waals surface area (Å²) in [7, 11) is -3.80. The van der Waals surface area contributed by atoms with E-state index in [-0.39, 0.29) is 27.2 Å². The van der Waals surface area contributed by atoms with Crippen LogP contribution < -0.4 is 5.30 Å². The Hall–Kier alpha value is -0.830. The van der Waals surface area contributed by atoms with Crippen molar-refractivity contribution in [3.8, 4) is 0 Å². The van der Waals surface area contributed by atoms with Gasteiger partial charge in [0.25, 0.3) is 5.52 Å². The average Bonchev–Trinajstić information content (AvgIpc) is 2.47. The number of hydrogen-bond donors (Lipinski definition) is 0. The van der Waals surface area contributed by atoms with Crippen LogP contribution in [0.1, 0.15) is 17.3 Å². The summed E-state index contributed by atoms with van der Waals surface area (Å²) in [6.07, 6.45) is 0. The van der Waals surface area contributed by atoms with Gasteiger partial charge in [-0.15, -0.1) is 0 Å². The minimum Gasteiger partial charge on any atom is -0.320 e. The molecule has 0 N–H and O–H groups in total. The zero-order chi connectivity index (χ0) is 16.3. The van der Waals surface area contributed by atoms with Crippen molar-refractivity contribution < 1.29 is 13.9 Å². The fourth-order valence-electron chi connectivity index (χ4n) is 1.95. The Bertz CT molecular complexity index is 724. The Kier molecular flexibility index (Phi) is 5.70. The lowest BCUT2D eigenvalue weighted by Crippen LogP contribution is -2.16. The van der Waals surface area contributed by atoms with E-state index in [9.17, 15) is 9.36 Å². The largest absolute Gasteiger partial charge is 0.320 e. The molecule has 0 heterocycles. The summed E-state index contributed by atoms with van der Waals surface area (Å²) < 4.78 is 18.5. The van der Waals surface area contributed by atoms with Crippen molar-refractivity contribution in [2.75, 3.05) is 6.61 Å². The van der Waals surface area contributed by atoms with Gasteiger partial charge in [-0.25, -0.2) is 0 Å². The number of rotatable bonds is 5. The zero-order valence-electron chi connectivity index (χ0n) is 11.6. The quantitative estimate of drug-likeness (QED) is 0.653. The van der Waals surface area contributed by atoms with E-state index in [0.29, 0.717) is 5.30 Å². The number of halogens is 3. The van der Waals surface area contributed by atoms with Crippen LogP contribution in [0, 0.1) is 0 Å². The van der Waals surface area contributed by atoms with Gasteiger partial charge in [0, 0.05) is 10.3 Å². The monoisotopic (exact) mass is 376 g/mol. The van der Waals surface area contributed by atoms with Gasteiger partial charge in [0.05, 0.1) is 22.2 Å². The molecule has 0 fully saturated rings. The van der Waals surface area contributed by atoms with Gasteiger partial charge in [0.1, 0.15) is 0 Å². The van der Waals surface area contributed by atoms with Crippen LogP contribution in [0.25, 0.3) is 0 Å². The molecule has 0 amide bonds. The first-order chi connectivity index (χ1) is 10.4. The van der Waals surface area contributed by atoms with E-state index < -0.39 is 12.9 Å². The Morgan fingerprint density at radius 1 is 1.09 bits per heavy atom. The van der Waals surface area contributed by atoms with E-state index in [2.05, 4.69) is 0 Å². The molecule has 0 bridgehead atoms. The van der Waals surface area contributed by atoms with Crippen LogP contribution in [-0.4, -0.2) is 12.1 Å². The Labute approximate surface area is 143 Å². The molecule has 0 aromatic heterocycles. The molecule has 1 atom stereocenters. The third kappa shape index (κ3) is 3.40. The molecule has 0 radical (unpaired) electrons. The first-order valence-corrected chi connectivity index (χ1v) is 9.15. The molecule has 2 aromatic rings. The van der Waals surface area contributed by atoms with Gasteiger partial charge in [-0.3, -0.25) is 9.36 Å². The second kappa shape index (κ2) is 7.16. The second-order valence-corrected chi connectivity index (χ2v) is 7.89. The lowest BCUT2D eigenvalue weighted by Gasteiger charge is -2.18. The third-order valence-electron chi connectivity index (χ3n) is 2.90. The van der Waals surface area contributed by atoms with Crippen molar-refractivity contribution >= 4 is 53.0 Å². The molecular formula is C15H12Cl3O3P. The normalized spacial score (nSPS) is 13.6. The maximum Gasteiger partial charge on any atom is 0.300 e. The van der Waals surface area contributed by atoms with Crippen LogP contribution in [0.4, 0.5) is 0 Å². The lowest BCUT2D eigenvalue weighted by atomic mass is 10.2. The van der Waals surface area contributed by atoms with Gasteiger partial charge < -0.3 is 4.52 Å². The van der Waals surface area contributed by atoms with Gasteiger partial charge >= 0.3 is 7.37 Å². The average molecular weight is 378 g/mol. The highest BCUT2D eigenvalue weighted by atomic mass is 35.5. The van der Waals surface area contributed by atoms with E-state index in [4.69, 9.17) is 39.3 Å². The summed E-state index contributed by atoms with van der Waals surface area (Å²) in [4.78, 5) is 12.8. The molecular weight excluding hydrogens is 365 g/mol. The maximum absolute atomic E-state index is 13.2. The van der Waals surface area contributed by atoms with Gasteiger partial charge in [0.2, 0.25) is 0 Å². The number of carbonyl (C=O) groups is 1. The van der Waals surface area contributed by atoms with Crippen molar-refractivity contribution in [2.45, 2.75) is 6.92 Å². The Morgan fingerprint density at radius 2 is 1.64 bits per heavy atom. The first-order valence-electron chi connectivity index (χ1n) is 6.39. The number of hydrogen-bond acceptors (Lipinski definition) is 3. The standard InChI is InChI=1S/C15H12Cl3O3P/c1-2-21-22(20,11-6-4-3-5-7-11)15(19)14-12(17)8-10(16)9-13(14)18/h3-9H,2H2,1H3. The van der Waals surface area contributed by atoms with Crippen molar-refractivity contribution in [1.82, 2.24) is 0 Å². The fourth-order valence-corrected chi connectivity index (χ4v) is 5.03. The van der Waals surface area contributed by atoms with Crippen LogP contribution in [0.15, 0.2) is 42.5 Å². The summed E-state index contributed by atoms with van der Waals surface area (Å²) in [6.45, 7) is 1.77. The van der Waals surface area contributed by atoms with Crippen LogP contribution in [0.5, 0.6) is 0 Å². The maximum atomic E-state index is 13.2. The Balaban J connectivity index is 2.60. The summed E-state index contributed by atoms with van der Waals surface area (Å²) in [5.74, 6) is 0. The SMILES string of the molecule is CCOP(=O)(C(=O)c1c(Cl)cc(Cl)cc1Cl)c1ccccc1. The van der Waals surface area contributed by atoms with Gasteiger partial charge in [0.15, 0.2) is 0 Å². The zero-order valence-corrected chi connectivity index (χ0v) is 14.7. The minimum absolute atomic E-state index is 0.0401. The molecule has 0 saturated carbocycles. The van der Waals surface area contributed by atoms with E-state index in [1.807, 2.05) is 0 Å². The molecule has 116 valence electrons. The number of benzene rings is 2. The first kappa shape index (κ1) is 17.5. The topological polar surface area (TPSA) is 43.4 Å². The van der Waals surface area contributed by atoms with E-state index in [0.717, 1.165) is 0 Å². The van der Waals surface area contributed by atoms with Gasteiger partial charge in [-0.1, -0.05) is 53.0 Å². The smallest absolute Gasteiger partial charge is 0.300 e. The van der Waals surface area contributed by atoms with Crippen molar-refractivity contribution in [3.05, 3.63) is 63.1 Å². The van der Waals surface area contributed by atoms with Crippen LogP contribution in [-0.2, 0) is 9.09 Å².